The lowest BCUT2D eigenvalue weighted by molar-refractivity contribution is 0.0696. The number of carbonyl (C=O) groups excluding carboxylic acids is 1. The summed E-state index contributed by atoms with van der Waals surface area (Å²) in [5.74, 6) is -0.994. The van der Waals surface area contributed by atoms with E-state index in [4.69, 9.17) is 5.11 Å². The molecule has 1 atom stereocenters. The van der Waals surface area contributed by atoms with Gasteiger partial charge in [-0.25, -0.2) is 4.79 Å². The number of hydrogen-bond donors (Lipinski definition) is 2. The van der Waals surface area contributed by atoms with E-state index in [9.17, 15) is 14.7 Å². The van der Waals surface area contributed by atoms with Crippen molar-refractivity contribution in [3.05, 3.63) is 29.3 Å². The van der Waals surface area contributed by atoms with Gasteiger partial charge in [-0.15, -0.1) is 0 Å². The summed E-state index contributed by atoms with van der Waals surface area (Å²) in [5.41, 5.74) is 0.382. The van der Waals surface area contributed by atoms with Crippen LogP contribution in [0.3, 0.4) is 0 Å². The number of aromatic carboxylic acids is 1. The van der Waals surface area contributed by atoms with Gasteiger partial charge in [-0.1, -0.05) is 20.8 Å². The number of aromatic hydroxyl groups is 1. The van der Waals surface area contributed by atoms with Crippen molar-refractivity contribution in [3.8, 4) is 5.75 Å². The van der Waals surface area contributed by atoms with Gasteiger partial charge in [0.15, 0.2) is 0 Å². The third-order valence-corrected chi connectivity index (χ3v) is 4.65. The topological polar surface area (TPSA) is 77.8 Å². The molecule has 1 heterocycles. The summed E-state index contributed by atoms with van der Waals surface area (Å²) in [6, 6.07) is 3.81. The van der Waals surface area contributed by atoms with E-state index in [1.54, 1.807) is 4.90 Å². The Kier molecular flexibility index (Phi) is 4.97. The first-order chi connectivity index (χ1) is 10.7. The summed E-state index contributed by atoms with van der Waals surface area (Å²) in [5, 5.41) is 18.7. The summed E-state index contributed by atoms with van der Waals surface area (Å²) in [6.45, 7) is 8.01. The fraction of sp³-hybridized carbons (Fsp3) is 0.556. The molecule has 0 bridgehead atoms. The predicted octanol–water partition coefficient (Wildman–Crippen LogP) is 3.38. The Balaban J connectivity index is 2.16. The molecule has 1 amide bonds. The standard InChI is InChI=1S/C18H25NO4/c1-18(2,3)14-5-4-7-19(8-6-14)16(21)12-9-13(17(22)23)11-15(20)10-12/h9-11,14,20H,4-8H2,1-3H3,(H,22,23). The lowest BCUT2D eigenvalue weighted by Gasteiger charge is -2.29. The Morgan fingerprint density at radius 2 is 1.74 bits per heavy atom. The summed E-state index contributed by atoms with van der Waals surface area (Å²) < 4.78 is 0. The van der Waals surface area contributed by atoms with Crippen LogP contribution < -0.4 is 0 Å². The second-order valence-electron chi connectivity index (χ2n) is 7.36. The van der Waals surface area contributed by atoms with Crippen LogP contribution in [0.2, 0.25) is 0 Å². The maximum atomic E-state index is 12.7. The van der Waals surface area contributed by atoms with Crippen molar-refractivity contribution >= 4 is 11.9 Å². The van der Waals surface area contributed by atoms with Gasteiger partial charge in [-0.05, 0) is 48.8 Å². The van der Waals surface area contributed by atoms with Crippen LogP contribution in [0.15, 0.2) is 18.2 Å². The number of benzene rings is 1. The number of rotatable bonds is 2. The normalized spacial score (nSPS) is 19.3. The van der Waals surface area contributed by atoms with Crippen molar-refractivity contribution < 1.29 is 19.8 Å². The lowest BCUT2D eigenvalue weighted by atomic mass is 9.77. The first-order valence-electron chi connectivity index (χ1n) is 8.05. The van der Waals surface area contributed by atoms with Crippen LogP contribution >= 0.6 is 0 Å². The molecule has 1 aliphatic rings. The van der Waals surface area contributed by atoms with Crippen molar-refractivity contribution in [1.29, 1.82) is 0 Å². The van der Waals surface area contributed by atoms with E-state index >= 15 is 0 Å². The maximum Gasteiger partial charge on any atom is 0.335 e. The molecule has 0 radical (unpaired) electrons. The molecule has 1 unspecified atom stereocenters. The first-order valence-corrected chi connectivity index (χ1v) is 8.05. The van der Waals surface area contributed by atoms with Crippen LogP contribution in [-0.2, 0) is 0 Å². The molecule has 5 heteroatoms. The third-order valence-electron chi connectivity index (χ3n) is 4.65. The Morgan fingerprint density at radius 1 is 1.09 bits per heavy atom. The number of phenols is 1. The Labute approximate surface area is 136 Å². The van der Waals surface area contributed by atoms with E-state index < -0.39 is 5.97 Å². The molecule has 1 fully saturated rings. The van der Waals surface area contributed by atoms with E-state index in [0.717, 1.165) is 25.3 Å². The summed E-state index contributed by atoms with van der Waals surface area (Å²) >= 11 is 0. The molecule has 126 valence electrons. The molecule has 1 aromatic rings. The number of carboxylic acid groups (broad SMARTS) is 1. The molecule has 0 aliphatic carbocycles. The average molecular weight is 319 g/mol. The highest BCUT2D eigenvalue weighted by Gasteiger charge is 2.29. The summed E-state index contributed by atoms with van der Waals surface area (Å²) in [4.78, 5) is 25.5. The molecule has 1 aromatic carbocycles. The summed E-state index contributed by atoms with van der Waals surface area (Å²) in [6.07, 6.45) is 2.98. The van der Waals surface area contributed by atoms with Gasteiger partial charge < -0.3 is 15.1 Å². The van der Waals surface area contributed by atoms with Gasteiger partial charge in [0.1, 0.15) is 5.75 Å². The monoisotopic (exact) mass is 319 g/mol. The van der Waals surface area contributed by atoms with Crippen LogP contribution in [0.4, 0.5) is 0 Å². The van der Waals surface area contributed by atoms with E-state index in [2.05, 4.69) is 20.8 Å². The number of hydrogen-bond acceptors (Lipinski definition) is 3. The highest BCUT2D eigenvalue weighted by atomic mass is 16.4. The van der Waals surface area contributed by atoms with Gasteiger partial charge >= 0.3 is 5.97 Å². The highest BCUT2D eigenvalue weighted by Crippen LogP contribution is 2.34. The molecule has 0 saturated carbocycles. The minimum Gasteiger partial charge on any atom is -0.508 e. The average Bonchev–Trinajstić information content (AvgIpc) is 2.71. The second kappa shape index (κ2) is 6.60. The second-order valence-corrected chi connectivity index (χ2v) is 7.36. The summed E-state index contributed by atoms with van der Waals surface area (Å²) in [7, 11) is 0. The molecule has 5 nitrogen and oxygen atoms in total. The Bertz CT molecular complexity index is 604. The maximum absolute atomic E-state index is 12.7. The molecule has 0 aromatic heterocycles. The molecule has 0 spiro atoms. The molecular weight excluding hydrogens is 294 g/mol. The molecule has 1 aliphatic heterocycles. The van der Waals surface area contributed by atoms with Crippen LogP contribution in [-0.4, -0.2) is 40.1 Å². The van der Waals surface area contributed by atoms with Crippen molar-refractivity contribution in [2.75, 3.05) is 13.1 Å². The van der Waals surface area contributed by atoms with Gasteiger partial charge in [0.2, 0.25) is 0 Å². The van der Waals surface area contributed by atoms with Crippen molar-refractivity contribution in [1.82, 2.24) is 4.90 Å². The zero-order valence-corrected chi connectivity index (χ0v) is 14.0. The van der Waals surface area contributed by atoms with E-state index in [1.807, 2.05) is 0 Å². The third kappa shape index (κ3) is 4.24. The SMILES string of the molecule is CC(C)(C)C1CCCN(C(=O)c2cc(O)cc(C(=O)O)c2)CC1. The van der Waals surface area contributed by atoms with Crippen LogP contribution in [0.25, 0.3) is 0 Å². The van der Waals surface area contributed by atoms with Crippen molar-refractivity contribution in [2.45, 2.75) is 40.0 Å². The number of carbonyl (C=O) groups is 2. The van der Waals surface area contributed by atoms with Crippen molar-refractivity contribution in [2.24, 2.45) is 11.3 Å². The first kappa shape index (κ1) is 17.3. The van der Waals surface area contributed by atoms with E-state index in [-0.39, 0.29) is 28.2 Å². The molecule has 2 rings (SSSR count). The largest absolute Gasteiger partial charge is 0.508 e. The Hall–Kier alpha value is -2.04. The quantitative estimate of drug-likeness (QED) is 0.876. The molecule has 23 heavy (non-hydrogen) atoms. The number of likely N-dealkylation sites (tertiary alicyclic amines) is 1. The Morgan fingerprint density at radius 3 is 2.35 bits per heavy atom. The predicted molar refractivity (Wildman–Crippen MR) is 87.8 cm³/mol. The number of amides is 1. The van der Waals surface area contributed by atoms with Crippen molar-refractivity contribution in [3.63, 3.8) is 0 Å². The van der Waals surface area contributed by atoms with Gasteiger partial charge in [0, 0.05) is 18.7 Å². The lowest BCUT2D eigenvalue weighted by Crippen LogP contribution is -2.32. The fourth-order valence-corrected chi connectivity index (χ4v) is 3.21. The van der Waals surface area contributed by atoms with Gasteiger partial charge in [-0.2, -0.15) is 0 Å². The highest BCUT2D eigenvalue weighted by molar-refractivity contribution is 5.98. The number of phenolic OH excluding ortho intramolecular Hbond substituents is 1. The van der Waals surface area contributed by atoms with E-state index in [1.165, 1.54) is 12.1 Å². The molecule has 1 saturated heterocycles. The zero-order valence-electron chi connectivity index (χ0n) is 14.0. The van der Waals surface area contributed by atoms with Gasteiger partial charge in [-0.3, -0.25) is 4.79 Å². The zero-order chi connectivity index (χ0) is 17.2. The van der Waals surface area contributed by atoms with Gasteiger partial charge in [0.05, 0.1) is 5.56 Å². The minimum absolute atomic E-state index is 0.0734. The van der Waals surface area contributed by atoms with Crippen LogP contribution in [0, 0.1) is 11.3 Å². The smallest absolute Gasteiger partial charge is 0.335 e. The van der Waals surface area contributed by atoms with Crippen LogP contribution in [0.1, 0.15) is 60.7 Å². The van der Waals surface area contributed by atoms with E-state index in [0.29, 0.717) is 19.0 Å². The fourth-order valence-electron chi connectivity index (χ4n) is 3.21. The number of nitrogens with zero attached hydrogens (tertiary/aromatic N) is 1. The minimum atomic E-state index is -1.15. The van der Waals surface area contributed by atoms with Crippen LogP contribution in [0.5, 0.6) is 5.75 Å². The molecule has 2 N–H and O–H groups in total. The number of carboxylic acids is 1. The van der Waals surface area contributed by atoms with Gasteiger partial charge in [0.25, 0.3) is 5.91 Å². The molecular formula is C18H25NO4.